The SMILES string of the molecule is CCc1ccc(C(=O)N(C)Cc2cccc([N+](=O)[O-])c2)cc1. The van der Waals surface area contributed by atoms with Gasteiger partial charge in [-0.2, -0.15) is 0 Å². The van der Waals surface area contributed by atoms with Crippen LogP contribution in [0.2, 0.25) is 0 Å². The minimum absolute atomic E-state index is 0.0330. The molecule has 0 saturated carbocycles. The lowest BCUT2D eigenvalue weighted by Gasteiger charge is -2.17. The molecule has 22 heavy (non-hydrogen) atoms. The summed E-state index contributed by atoms with van der Waals surface area (Å²) in [6.07, 6.45) is 0.929. The van der Waals surface area contributed by atoms with E-state index in [1.807, 2.05) is 24.3 Å². The number of rotatable bonds is 5. The Morgan fingerprint density at radius 3 is 2.41 bits per heavy atom. The summed E-state index contributed by atoms with van der Waals surface area (Å²) < 4.78 is 0. The molecule has 0 aliphatic carbocycles. The van der Waals surface area contributed by atoms with Crippen LogP contribution in [-0.4, -0.2) is 22.8 Å². The molecule has 0 fully saturated rings. The minimum atomic E-state index is -0.436. The van der Waals surface area contributed by atoms with Crippen molar-refractivity contribution in [1.29, 1.82) is 0 Å². The predicted octanol–water partition coefficient (Wildman–Crippen LogP) is 3.43. The summed E-state index contributed by atoms with van der Waals surface area (Å²) in [4.78, 5) is 24.3. The van der Waals surface area contributed by atoms with Gasteiger partial charge in [-0.05, 0) is 29.7 Å². The van der Waals surface area contributed by atoms with Crippen molar-refractivity contribution in [2.75, 3.05) is 7.05 Å². The summed E-state index contributed by atoms with van der Waals surface area (Å²) >= 11 is 0. The number of carbonyl (C=O) groups excluding carboxylic acids is 1. The number of carbonyl (C=O) groups is 1. The predicted molar refractivity (Wildman–Crippen MR) is 84.7 cm³/mol. The third-order valence-corrected chi connectivity index (χ3v) is 3.50. The molecule has 0 unspecified atom stereocenters. The molecule has 2 aromatic rings. The summed E-state index contributed by atoms with van der Waals surface area (Å²) in [5.74, 6) is -0.103. The van der Waals surface area contributed by atoms with Crippen LogP contribution in [0.3, 0.4) is 0 Å². The van der Waals surface area contributed by atoms with Crippen molar-refractivity contribution in [3.8, 4) is 0 Å². The van der Waals surface area contributed by atoms with E-state index in [1.54, 1.807) is 24.1 Å². The minimum Gasteiger partial charge on any atom is -0.337 e. The van der Waals surface area contributed by atoms with Gasteiger partial charge in [0.05, 0.1) is 4.92 Å². The van der Waals surface area contributed by atoms with Crippen LogP contribution in [-0.2, 0) is 13.0 Å². The largest absolute Gasteiger partial charge is 0.337 e. The summed E-state index contributed by atoms with van der Waals surface area (Å²) in [5, 5.41) is 10.8. The number of nitrogens with zero attached hydrogens (tertiary/aromatic N) is 2. The molecule has 0 aliphatic rings. The molecule has 0 bridgehead atoms. The molecule has 0 N–H and O–H groups in total. The normalized spacial score (nSPS) is 10.3. The number of hydrogen-bond donors (Lipinski definition) is 0. The van der Waals surface area contributed by atoms with E-state index in [0.717, 1.165) is 12.0 Å². The molecule has 1 amide bonds. The Morgan fingerprint density at radius 1 is 1.14 bits per heavy atom. The first kappa shape index (κ1) is 15.7. The van der Waals surface area contributed by atoms with Gasteiger partial charge in [0.25, 0.3) is 11.6 Å². The molecule has 0 spiro atoms. The smallest absolute Gasteiger partial charge is 0.269 e. The monoisotopic (exact) mass is 298 g/mol. The molecule has 5 heteroatoms. The maximum Gasteiger partial charge on any atom is 0.269 e. The molecule has 0 aliphatic heterocycles. The molecular formula is C17H18N2O3. The van der Waals surface area contributed by atoms with Crippen molar-refractivity contribution in [2.45, 2.75) is 19.9 Å². The van der Waals surface area contributed by atoms with Crippen LogP contribution in [0.1, 0.15) is 28.4 Å². The fraction of sp³-hybridized carbons (Fsp3) is 0.235. The van der Waals surface area contributed by atoms with E-state index < -0.39 is 4.92 Å². The Balaban J connectivity index is 2.10. The molecule has 2 aromatic carbocycles. The zero-order chi connectivity index (χ0) is 16.1. The zero-order valence-corrected chi connectivity index (χ0v) is 12.7. The number of nitro groups is 1. The van der Waals surface area contributed by atoms with E-state index in [4.69, 9.17) is 0 Å². The van der Waals surface area contributed by atoms with Crippen molar-refractivity contribution >= 4 is 11.6 Å². The van der Waals surface area contributed by atoms with Gasteiger partial charge in [0.2, 0.25) is 0 Å². The Kier molecular flexibility index (Phi) is 4.88. The van der Waals surface area contributed by atoms with Crippen molar-refractivity contribution in [2.24, 2.45) is 0 Å². The third-order valence-electron chi connectivity index (χ3n) is 3.50. The molecule has 0 atom stereocenters. The molecular weight excluding hydrogens is 280 g/mol. The van der Waals surface area contributed by atoms with Crippen LogP contribution < -0.4 is 0 Å². The van der Waals surface area contributed by atoms with Crippen molar-refractivity contribution in [3.63, 3.8) is 0 Å². The highest BCUT2D eigenvalue weighted by Crippen LogP contribution is 2.15. The Hall–Kier alpha value is -2.69. The summed E-state index contributed by atoms with van der Waals surface area (Å²) in [5.41, 5.74) is 2.56. The number of nitro benzene ring substituents is 1. The van der Waals surface area contributed by atoms with Gasteiger partial charge >= 0.3 is 0 Å². The first-order valence-corrected chi connectivity index (χ1v) is 7.09. The average Bonchev–Trinajstić information content (AvgIpc) is 2.54. The Bertz CT molecular complexity index is 681. The maximum absolute atomic E-state index is 12.4. The molecule has 0 aromatic heterocycles. The van der Waals surface area contributed by atoms with Crippen LogP contribution in [0.5, 0.6) is 0 Å². The van der Waals surface area contributed by atoms with Gasteiger partial charge < -0.3 is 4.90 Å². The first-order chi connectivity index (χ1) is 10.5. The lowest BCUT2D eigenvalue weighted by Crippen LogP contribution is -2.26. The number of amides is 1. The highest BCUT2D eigenvalue weighted by atomic mass is 16.6. The van der Waals surface area contributed by atoms with E-state index in [1.165, 1.54) is 17.7 Å². The fourth-order valence-corrected chi connectivity index (χ4v) is 2.22. The number of benzene rings is 2. The number of aryl methyl sites for hydroxylation is 1. The van der Waals surface area contributed by atoms with Crippen LogP contribution in [0.25, 0.3) is 0 Å². The molecule has 0 radical (unpaired) electrons. The maximum atomic E-state index is 12.4. The van der Waals surface area contributed by atoms with Gasteiger partial charge in [-0.3, -0.25) is 14.9 Å². The van der Waals surface area contributed by atoms with Gasteiger partial charge in [-0.25, -0.2) is 0 Å². The first-order valence-electron chi connectivity index (χ1n) is 7.09. The van der Waals surface area contributed by atoms with Crippen molar-refractivity contribution in [3.05, 3.63) is 75.3 Å². The topological polar surface area (TPSA) is 63.5 Å². The third kappa shape index (κ3) is 3.69. The summed E-state index contributed by atoms with van der Waals surface area (Å²) in [6, 6.07) is 13.8. The fourth-order valence-electron chi connectivity index (χ4n) is 2.22. The zero-order valence-electron chi connectivity index (χ0n) is 12.7. The van der Waals surface area contributed by atoms with Crippen LogP contribution in [0, 0.1) is 10.1 Å². The van der Waals surface area contributed by atoms with E-state index in [2.05, 4.69) is 6.92 Å². The molecule has 114 valence electrons. The van der Waals surface area contributed by atoms with E-state index in [9.17, 15) is 14.9 Å². The standard InChI is InChI=1S/C17H18N2O3/c1-3-13-7-9-15(10-8-13)17(20)18(2)12-14-5-4-6-16(11-14)19(21)22/h4-11H,3,12H2,1-2H3. The van der Waals surface area contributed by atoms with E-state index >= 15 is 0 Å². The van der Waals surface area contributed by atoms with E-state index in [-0.39, 0.29) is 11.6 Å². The number of hydrogen-bond acceptors (Lipinski definition) is 3. The van der Waals surface area contributed by atoms with E-state index in [0.29, 0.717) is 12.1 Å². The van der Waals surface area contributed by atoms with Crippen LogP contribution in [0.15, 0.2) is 48.5 Å². The van der Waals surface area contributed by atoms with Gasteiger partial charge in [-0.1, -0.05) is 31.2 Å². The second-order valence-corrected chi connectivity index (χ2v) is 5.14. The molecule has 0 heterocycles. The average molecular weight is 298 g/mol. The Morgan fingerprint density at radius 2 is 1.82 bits per heavy atom. The van der Waals surface area contributed by atoms with Gasteiger partial charge in [0.15, 0.2) is 0 Å². The highest BCUT2D eigenvalue weighted by Gasteiger charge is 2.13. The second kappa shape index (κ2) is 6.85. The number of non-ortho nitro benzene ring substituents is 1. The van der Waals surface area contributed by atoms with Crippen molar-refractivity contribution in [1.82, 2.24) is 4.90 Å². The lowest BCUT2D eigenvalue weighted by molar-refractivity contribution is -0.384. The van der Waals surface area contributed by atoms with Crippen molar-refractivity contribution < 1.29 is 9.72 Å². The molecule has 0 saturated heterocycles. The quantitative estimate of drug-likeness (QED) is 0.627. The van der Waals surface area contributed by atoms with Gasteiger partial charge in [-0.15, -0.1) is 0 Å². The van der Waals surface area contributed by atoms with Gasteiger partial charge in [0, 0.05) is 31.3 Å². The summed E-state index contributed by atoms with van der Waals surface area (Å²) in [7, 11) is 1.69. The molecule has 5 nitrogen and oxygen atoms in total. The Labute approximate surface area is 129 Å². The van der Waals surface area contributed by atoms with Crippen LogP contribution in [0.4, 0.5) is 5.69 Å². The van der Waals surface area contributed by atoms with Crippen LogP contribution >= 0.6 is 0 Å². The lowest BCUT2D eigenvalue weighted by atomic mass is 10.1. The second-order valence-electron chi connectivity index (χ2n) is 5.14. The summed E-state index contributed by atoms with van der Waals surface area (Å²) in [6.45, 7) is 2.39. The van der Waals surface area contributed by atoms with Gasteiger partial charge in [0.1, 0.15) is 0 Å². The highest BCUT2D eigenvalue weighted by molar-refractivity contribution is 5.94. The molecule has 2 rings (SSSR count).